The molecule has 1 aliphatic heterocycles. The normalized spacial score (nSPS) is 15.5. The van der Waals surface area contributed by atoms with Gasteiger partial charge in [0.05, 0.1) is 22.9 Å². The molecule has 5 rings (SSSR count). The first-order valence-corrected chi connectivity index (χ1v) is 15.1. The van der Waals surface area contributed by atoms with Crippen molar-refractivity contribution in [2.24, 2.45) is 0 Å². The Kier molecular flexibility index (Phi) is 7.64. The second kappa shape index (κ2) is 11.0. The Morgan fingerprint density at radius 1 is 0.949 bits per heavy atom. The summed E-state index contributed by atoms with van der Waals surface area (Å²) >= 11 is 0. The van der Waals surface area contributed by atoms with Gasteiger partial charge < -0.3 is 19.3 Å². The number of anilines is 2. The standard InChI is InChI=1S/C30H36FN5O2S/c1-33(2)24-8-5-9-25(20-24)36-21-23(7-6-14-35-15-17-39(37,38)18-16-35)26-11-12-28(32-30(26)36)22-10-13-29(34(3)4)27(31)19-22/h5,8-13,19-21H,6-7,14-18H2,1-4H3. The van der Waals surface area contributed by atoms with Gasteiger partial charge in [-0.25, -0.2) is 17.8 Å². The van der Waals surface area contributed by atoms with E-state index < -0.39 is 9.84 Å². The molecule has 1 aliphatic rings. The summed E-state index contributed by atoms with van der Waals surface area (Å²) in [7, 11) is 4.81. The second-order valence-corrected chi connectivity index (χ2v) is 13.0. The molecule has 0 amide bonds. The highest BCUT2D eigenvalue weighted by Gasteiger charge is 2.21. The van der Waals surface area contributed by atoms with E-state index in [1.54, 1.807) is 17.0 Å². The van der Waals surface area contributed by atoms with E-state index in [4.69, 9.17) is 4.98 Å². The molecule has 7 nitrogen and oxygen atoms in total. The van der Waals surface area contributed by atoms with Crippen molar-refractivity contribution in [2.45, 2.75) is 12.8 Å². The monoisotopic (exact) mass is 549 g/mol. The summed E-state index contributed by atoms with van der Waals surface area (Å²) in [5, 5.41) is 1.07. The average molecular weight is 550 g/mol. The summed E-state index contributed by atoms with van der Waals surface area (Å²) in [5.74, 6) is 0.217. The van der Waals surface area contributed by atoms with Crippen LogP contribution in [0, 0.1) is 5.82 Å². The van der Waals surface area contributed by atoms with Gasteiger partial charge in [-0.05, 0) is 67.4 Å². The maximum absolute atomic E-state index is 14.8. The molecule has 0 saturated carbocycles. The largest absolute Gasteiger partial charge is 0.378 e. The molecule has 1 saturated heterocycles. The molecule has 0 aliphatic carbocycles. The van der Waals surface area contributed by atoms with E-state index in [2.05, 4.69) is 44.8 Å². The van der Waals surface area contributed by atoms with Crippen LogP contribution in [0.4, 0.5) is 15.8 Å². The van der Waals surface area contributed by atoms with Crippen LogP contribution in [0.15, 0.2) is 60.8 Å². The van der Waals surface area contributed by atoms with Gasteiger partial charge in [-0.2, -0.15) is 0 Å². The molecule has 2 aromatic heterocycles. The number of sulfone groups is 1. The number of halogens is 1. The molecule has 0 bridgehead atoms. The van der Waals surface area contributed by atoms with Crippen LogP contribution in [0.2, 0.25) is 0 Å². The number of rotatable bonds is 8. The van der Waals surface area contributed by atoms with E-state index in [1.807, 2.05) is 46.4 Å². The number of hydrogen-bond donors (Lipinski definition) is 0. The highest BCUT2D eigenvalue weighted by Crippen LogP contribution is 2.31. The number of nitrogens with zero attached hydrogens (tertiary/aromatic N) is 5. The Labute approximate surface area is 230 Å². The van der Waals surface area contributed by atoms with Crippen molar-refractivity contribution < 1.29 is 12.8 Å². The van der Waals surface area contributed by atoms with Crippen LogP contribution in [0.3, 0.4) is 0 Å². The first kappa shape index (κ1) is 27.1. The van der Waals surface area contributed by atoms with Gasteiger partial charge in [-0.15, -0.1) is 0 Å². The quantitative estimate of drug-likeness (QED) is 0.320. The number of aromatic nitrogens is 2. The molecule has 39 heavy (non-hydrogen) atoms. The minimum Gasteiger partial charge on any atom is -0.378 e. The number of benzene rings is 2. The molecule has 0 spiro atoms. The van der Waals surface area contributed by atoms with Crippen LogP contribution in [-0.4, -0.2) is 82.2 Å². The lowest BCUT2D eigenvalue weighted by Gasteiger charge is -2.26. The smallest absolute Gasteiger partial charge is 0.152 e. The Bertz CT molecular complexity index is 1580. The van der Waals surface area contributed by atoms with Crippen molar-refractivity contribution in [3.63, 3.8) is 0 Å². The number of aryl methyl sites for hydroxylation is 1. The number of hydrogen-bond acceptors (Lipinski definition) is 6. The second-order valence-electron chi connectivity index (χ2n) is 10.7. The van der Waals surface area contributed by atoms with Crippen LogP contribution in [0.1, 0.15) is 12.0 Å². The Morgan fingerprint density at radius 2 is 1.72 bits per heavy atom. The van der Waals surface area contributed by atoms with E-state index in [0.717, 1.165) is 53.1 Å². The maximum Gasteiger partial charge on any atom is 0.152 e. The van der Waals surface area contributed by atoms with E-state index in [0.29, 0.717) is 18.8 Å². The lowest BCUT2D eigenvalue weighted by atomic mass is 10.1. The third-order valence-corrected chi connectivity index (χ3v) is 9.05. The van der Waals surface area contributed by atoms with Crippen molar-refractivity contribution in [1.82, 2.24) is 14.5 Å². The summed E-state index contributed by atoms with van der Waals surface area (Å²) in [6.45, 7) is 2.08. The van der Waals surface area contributed by atoms with Gasteiger partial charge in [0.15, 0.2) is 9.84 Å². The molecular formula is C30H36FN5O2S. The highest BCUT2D eigenvalue weighted by atomic mass is 32.2. The fourth-order valence-electron chi connectivity index (χ4n) is 5.14. The van der Waals surface area contributed by atoms with Crippen LogP contribution >= 0.6 is 0 Å². The Morgan fingerprint density at radius 3 is 2.41 bits per heavy atom. The zero-order chi connectivity index (χ0) is 27.7. The molecular weight excluding hydrogens is 513 g/mol. The summed E-state index contributed by atoms with van der Waals surface area (Å²) < 4.78 is 40.5. The predicted molar refractivity (Wildman–Crippen MR) is 159 cm³/mol. The summed E-state index contributed by atoms with van der Waals surface area (Å²) in [6, 6.07) is 17.6. The molecule has 3 heterocycles. The summed E-state index contributed by atoms with van der Waals surface area (Å²) in [5.41, 5.74) is 6.12. The third kappa shape index (κ3) is 5.94. The highest BCUT2D eigenvalue weighted by molar-refractivity contribution is 7.91. The van der Waals surface area contributed by atoms with E-state index >= 15 is 0 Å². The molecule has 0 N–H and O–H groups in total. The SMILES string of the molecule is CN(C)c1cccc(-n2cc(CCCN3CCS(=O)(=O)CC3)c3ccc(-c4ccc(N(C)C)c(F)c4)nc32)c1. The molecule has 206 valence electrons. The van der Waals surface area contributed by atoms with E-state index in [-0.39, 0.29) is 17.3 Å². The van der Waals surface area contributed by atoms with Crippen molar-refractivity contribution >= 4 is 32.2 Å². The number of pyridine rings is 1. The summed E-state index contributed by atoms with van der Waals surface area (Å²) in [6.07, 6.45) is 3.94. The Hall–Kier alpha value is -3.43. The van der Waals surface area contributed by atoms with Crippen LogP contribution in [-0.2, 0) is 16.3 Å². The van der Waals surface area contributed by atoms with Crippen molar-refractivity contribution in [1.29, 1.82) is 0 Å². The molecule has 0 unspecified atom stereocenters. The molecule has 9 heteroatoms. The first-order chi connectivity index (χ1) is 18.6. The van der Waals surface area contributed by atoms with Crippen molar-refractivity contribution in [2.75, 3.05) is 69.1 Å². The topological polar surface area (TPSA) is 61.7 Å². The summed E-state index contributed by atoms with van der Waals surface area (Å²) in [4.78, 5) is 11.1. The fourth-order valence-corrected chi connectivity index (χ4v) is 6.42. The van der Waals surface area contributed by atoms with Crippen LogP contribution < -0.4 is 9.80 Å². The van der Waals surface area contributed by atoms with Crippen LogP contribution in [0.5, 0.6) is 0 Å². The van der Waals surface area contributed by atoms with E-state index in [9.17, 15) is 12.8 Å². The zero-order valence-corrected chi connectivity index (χ0v) is 23.9. The first-order valence-electron chi connectivity index (χ1n) is 13.3. The molecule has 1 fully saturated rings. The zero-order valence-electron chi connectivity index (χ0n) is 23.1. The van der Waals surface area contributed by atoms with Gasteiger partial charge in [0.25, 0.3) is 0 Å². The predicted octanol–water partition coefficient (Wildman–Crippen LogP) is 4.63. The fraction of sp³-hybridized carbons (Fsp3) is 0.367. The third-order valence-electron chi connectivity index (χ3n) is 7.44. The average Bonchev–Trinajstić information content (AvgIpc) is 3.27. The van der Waals surface area contributed by atoms with Crippen molar-refractivity contribution in [3.05, 3.63) is 72.2 Å². The lowest BCUT2D eigenvalue weighted by molar-refractivity contribution is 0.292. The molecule has 2 aromatic carbocycles. The van der Waals surface area contributed by atoms with Gasteiger partial charge >= 0.3 is 0 Å². The van der Waals surface area contributed by atoms with Gasteiger partial charge in [0, 0.05) is 69.8 Å². The van der Waals surface area contributed by atoms with Gasteiger partial charge in [0.1, 0.15) is 11.5 Å². The van der Waals surface area contributed by atoms with Gasteiger partial charge in [0.2, 0.25) is 0 Å². The molecule has 4 aromatic rings. The van der Waals surface area contributed by atoms with E-state index in [1.165, 1.54) is 5.56 Å². The molecule has 0 atom stereocenters. The molecule has 0 radical (unpaired) electrons. The Balaban J connectivity index is 1.49. The van der Waals surface area contributed by atoms with Crippen molar-refractivity contribution in [3.8, 4) is 16.9 Å². The van der Waals surface area contributed by atoms with Crippen LogP contribution in [0.25, 0.3) is 28.0 Å². The van der Waals surface area contributed by atoms with Gasteiger partial charge in [-0.1, -0.05) is 12.1 Å². The maximum atomic E-state index is 14.8. The minimum absolute atomic E-state index is 0.247. The minimum atomic E-state index is -2.88. The number of fused-ring (bicyclic) bond motifs is 1. The van der Waals surface area contributed by atoms with Gasteiger partial charge in [-0.3, -0.25) is 0 Å². The lowest BCUT2D eigenvalue weighted by Crippen LogP contribution is -2.40.